The molecule has 2 atom stereocenters. The molecule has 0 bridgehead atoms. The van der Waals surface area contributed by atoms with Crippen molar-refractivity contribution < 1.29 is 22.8 Å². The van der Waals surface area contributed by atoms with Gasteiger partial charge in [0.1, 0.15) is 12.5 Å². The number of alkyl halides is 3. The Bertz CT molecular complexity index is 347. The van der Waals surface area contributed by atoms with Gasteiger partial charge in [0.25, 0.3) is 0 Å². The third-order valence-corrected chi connectivity index (χ3v) is 3.04. The summed E-state index contributed by atoms with van der Waals surface area (Å²) in [6.07, 6.45) is -4.47. The molecule has 0 aromatic heterocycles. The second-order valence-corrected chi connectivity index (χ2v) is 5.53. The van der Waals surface area contributed by atoms with Crippen molar-refractivity contribution in [2.45, 2.75) is 26.9 Å². The zero-order chi connectivity index (χ0) is 14.1. The molecule has 104 valence electrons. The lowest BCUT2D eigenvalue weighted by molar-refractivity contribution is -0.145. The fraction of sp³-hybridized carbons (Fsp3) is 0.818. The van der Waals surface area contributed by atoms with Crippen LogP contribution in [0.15, 0.2) is 0 Å². The quantitative estimate of drug-likeness (QED) is 0.735. The molecular weight excluding hydrogens is 249 g/mol. The molecule has 1 saturated heterocycles. The summed E-state index contributed by atoms with van der Waals surface area (Å²) in [6.45, 7) is 4.45. The number of rotatable bonds is 2. The summed E-state index contributed by atoms with van der Waals surface area (Å²) < 4.78 is 36.0. The smallest absolute Gasteiger partial charge is 0.355 e. The van der Waals surface area contributed by atoms with E-state index in [0.717, 1.165) is 0 Å². The van der Waals surface area contributed by atoms with Crippen molar-refractivity contribution in [1.29, 1.82) is 0 Å². The summed E-state index contributed by atoms with van der Waals surface area (Å²) in [5, 5.41) is 4.30. The van der Waals surface area contributed by atoms with Crippen molar-refractivity contribution in [2.24, 2.45) is 17.3 Å². The van der Waals surface area contributed by atoms with Crippen LogP contribution in [0.3, 0.4) is 0 Å². The molecule has 0 spiro atoms. The minimum atomic E-state index is -4.47. The Hall–Kier alpha value is -1.27. The van der Waals surface area contributed by atoms with Gasteiger partial charge in [-0.1, -0.05) is 20.8 Å². The molecule has 0 unspecified atom stereocenters. The van der Waals surface area contributed by atoms with E-state index >= 15 is 0 Å². The van der Waals surface area contributed by atoms with E-state index in [2.05, 4.69) is 5.32 Å². The van der Waals surface area contributed by atoms with Crippen LogP contribution in [0.4, 0.5) is 13.2 Å². The van der Waals surface area contributed by atoms with Crippen LogP contribution in [0, 0.1) is 17.3 Å². The summed E-state index contributed by atoms with van der Waals surface area (Å²) >= 11 is 0. The van der Waals surface area contributed by atoms with Gasteiger partial charge in [0.05, 0.1) is 0 Å². The molecule has 7 heteroatoms. The number of halogens is 3. The standard InChI is InChI=1S/C11H17F3N2O2/c1-10(2,3)6-4-15-8(17)7(6)9(18)16-5-11(12,13)14/h6-7H,4-5H2,1-3H3,(H,15,17)(H,16,18)/t6-,7-/m1/s1. The first kappa shape index (κ1) is 14.8. The summed E-state index contributed by atoms with van der Waals surface area (Å²) in [4.78, 5) is 23.2. The second-order valence-electron chi connectivity index (χ2n) is 5.53. The molecule has 1 aliphatic rings. The average Bonchev–Trinajstić information content (AvgIpc) is 2.55. The van der Waals surface area contributed by atoms with E-state index in [4.69, 9.17) is 0 Å². The third kappa shape index (κ3) is 3.61. The van der Waals surface area contributed by atoms with Gasteiger partial charge in [-0.15, -0.1) is 0 Å². The maximum absolute atomic E-state index is 12.0. The second kappa shape index (κ2) is 4.78. The molecule has 0 aromatic carbocycles. The highest BCUT2D eigenvalue weighted by Gasteiger charge is 2.46. The number of hydrogen-bond acceptors (Lipinski definition) is 2. The van der Waals surface area contributed by atoms with Crippen LogP contribution in [0.2, 0.25) is 0 Å². The lowest BCUT2D eigenvalue weighted by Gasteiger charge is -2.29. The fourth-order valence-electron chi connectivity index (χ4n) is 2.03. The zero-order valence-corrected chi connectivity index (χ0v) is 10.5. The molecule has 4 nitrogen and oxygen atoms in total. The highest BCUT2D eigenvalue weighted by molar-refractivity contribution is 6.02. The SMILES string of the molecule is CC(C)(C)[C@@H]1CNC(=O)[C@@H]1C(=O)NCC(F)(F)F. The fourth-order valence-corrected chi connectivity index (χ4v) is 2.03. The first-order chi connectivity index (χ1) is 8.02. The molecular formula is C11H17F3N2O2. The average molecular weight is 266 g/mol. The number of carbonyl (C=O) groups is 2. The Morgan fingerprint density at radius 2 is 1.94 bits per heavy atom. The van der Waals surface area contributed by atoms with Gasteiger partial charge in [0.15, 0.2) is 0 Å². The largest absolute Gasteiger partial charge is 0.405 e. The maximum atomic E-state index is 12.0. The van der Waals surface area contributed by atoms with Gasteiger partial charge in [-0.3, -0.25) is 9.59 Å². The van der Waals surface area contributed by atoms with Crippen LogP contribution < -0.4 is 10.6 Å². The van der Waals surface area contributed by atoms with Crippen molar-refractivity contribution in [3.8, 4) is 0 Å². The highest BCUT2D eigenvalue weighted by Crippen LogP contribution is 2.35. The number of hydrogen-bond donors (Lipinski definition) is 2. The topological polar surface area (TPSA) is 58.2 Å². The van der Waals surface area contributed by atoms with Gasteiger partial charge >= 0.3 is 6.18 Å². The van der Waals surface area contributed by atoms with Crippen molar-refractivity contribution in [3.63, 3.8) is 0 Å². The Morgan fingerprint density at radius 3 is 2.39 bits per heavy atom. The van der Waals surface area contributed by atoms with Crippen LogP contribution in [0.5, 0.6) is 0 Å². The number of carbonyl (C=O) groups excluding carboxylic acids is 2. The van der Waals surface area contributed by atoms with Crippen LogP contribution in [-0.2, 0) is 9.59 Å². The number of amides is 2. The van der Waals surface area contributed by atoms with Gasteiger partial charge < -0.3 is 10.6 Å². The van der Waals surface area contributed by atoms with E-state index in [9.17, 15) is 22.8 Å². The summed E-state index contributed by atoms with van der Waals surface area (Å²) in [5.74, 6) is -2.72. The van der Waals surface area contributed by atoms with E-state index in [1.807, 2.05) is 20.8 Å². The highest BCUT2D eigenvalue weighted by atomic mass is 19.4. The minimum absolute atomic E-state index is 0.307. The monoisotopic (exact) mass is 266 g/mol. The molecule has 0 radical (unpaired) electrons. The summed E-state index contributed by atoms with van der Waals surface area (Å²) in [7, 11) is 0. The van der Waals surface area contributed by atoms with E-state index in [0.29, 0.717) is 6.54 Å². The normalized spacial score (nSPS) is 24.9. The van der Waals surface area contributed by atoms with Crippen LogP contribution >= 0.6 is 0 Å². The zero-order valence-electron chi connectivity index (χ0n) is 10.5. The first-order valence-electron chi connectivity index (χ1n) is 5.64. The van der Waals surface area contributed by atoms with E-state index in [-0.39, 0.29) is 11.3 Å². The van der Waals surface area contributed by atoms with Crippen LogP contribution in [-0.4, -0.2) is 31.1 Å². The van der Waals surface area contributed by atoms with Crippen molar-refractivity contribution in [1.82, 2.24) is 10.6 Å². The van der Waals surface area contributed by atoms with Crippen LogP contribution in [0.1, 0.15) is 20.8 Å². The van der Waals surface area contributed by atoms with E-state index < -0.39 is 30.5 Å². The molecule has 2 amide bonds. The van der Waals surface area contributed by atoms with Crippen molar-refractivity contribution >= 4 is 11.8 Å². The maximum Gasteiger partial charge on any atom is 0.405 e. The first-order valence-corrected chi connectivity index (χ1v) is 5.64. The predicted molar refractivity (Wildman–Crippen MR) is 58.5 cm³/mol. The van der Waals surface area contributed by atoms with Crippen LogP contribution in [0.25, 0.3) is 0 Å². The Balaban J connectivity index is 2.73. The lowest BCUT2D eigenvalue weighted by Crippen LogP contribution is -2.44. The molecule has 0 saturated carbocycles. The lowest BCUT2D eigenvalue weighted by atomic mass is 9.74. The van der Waals surface area contributed by atoms with Gasteiger partial charge in [-0.25, -0.2) is 0 Å². The van der Waals surface area contributed by atoms with Gasteiger partial charge in [-0.05, 0) is 5.41 Å². The minimum Gasteiger partial charge on any atom is -0.355 e. The molecule has 1 heterocycles. The Morgan fingerprint density at radius 1 is 1.39 bits per heavy atom. The van der Waals surface area contributed by atoms with Gasteiger partial charge in [0.2, 0.25) is 11.8 Å². The summed E-state index contributed by atoms with van der Waals surface area (Å²) in [6, 6.07) is 0. The van der Waals surface area contributed by atoms with Gasteiger partial charge in [0, 0.05) is 12.5 Å². The van der Waals surface area contributed by atoms with E-state index in [1.165, 1.54) is 0 Å². The molecule has 18 heavy (non-hydrogen) atoms. The van der Waals surface area contributed by atoms with Crippen molar-refractivity contribution in [2.75, 3.05) is 13.1 Å². The van der Waals surface area contributed by atoms with Crippen molar-refractivity contribution in [3.05, 3.63) is 0 Å². The third-order valence-electron chi connectivity index (χ3n) is 3.04. The molecule has 0 aromatic rings. The van der Waals surface area contributed by atoms with Gasteiger partial charge in [-0.2, -0.15) is 13.2 Å². The predicted octanol–water partition coefficient (Wildman–Crippen LogP) is 1.07. The molecule has 0 aliphatic carbocycles. The van der Waals surface area contributed by atoms with E-state index in [1.54, 1.807) is 5.32 Å². The molecule has 2 N–H and O–H groups in total. The molecule has 1 fully saturated rings. The number of nitrogens with one attached hydrogen (secondary N) is 2. The Kier molecular flexibility index (Phi) is 3.92. The summed E-state index contributed by atoms with van der Waals surface area (Å²) in [5.41, 5.74) is -0.334. The Labute approximate surface area is 103 Å². The molecule has 1 aliphatic heterocycles. The molecule has 1 rings (SSSR count).